The number of aryl methyl sites for hydroxylation is 2. The summed E-state index contributed by atoms with van der Waals surface area (Å²) in [6.07, 6.45) is 7.33. The molecule has 2 heterocycles. The highest BCUT2D eigenvalue weighted by Gasteiger charge is 2.38. The number of hydrogen-bond acceptors (Lipinski definition) is 3. The number of unbranched alkanes of at least 4 members (excludes halogenated alkanes) is 1. The number of para-hydroxylation sites is 2. The van der Waals surface area contributed by atoms with Gasteiger partial charge in [-0.3, -0.25) is 4.79 Å². The van der Waals surface area contributed by atoms with Gasteiger partial charge in [0.05, 0.1) is 17.6 Å². The number of likely N-dealkylation sites (tertiary alicyclic amines) is 1. The molecule has 1 saturated carbocycles. The number of aromatic nitrogens is 2. The van der Waals surface area contributed by atoms with E-state index in [0.717, 1.165) is 72.0 Å². The maximum Gasteiger partial charge on any atom is 0.223 e. The summed E-state index contributed by atoms with van der Waals surface area (Å²) in [6, 6.07) is 14.6. The minimum absolute atomic E-state index is 0.179. The Morgan fingerprint density at radius 2 is 1.94 bits per heavy atom. The zero-order valence-electron chi connectivity index (χ0n) is 19.3. The van der Waals surface area contributed by atoms with Gasteiger partial charge in [-0.2, -0.15) is 0 Å². The van der Waals surface area contributed by atoms with E-state index in [1.54, 1.807) is 0 Å². The highest BCUT2D eigenvalue weighted by atomic mass is 35.5. The summed E-state index contributed by atoms with van der Waals surface area (Å²) in [7, 11) is 0. The zero-order valence-corrected chi connectivity index (χ0v) is 20.1. The van der Waals surface area contributed by atoms with E-state index in [2.05, 4.69) is 27.7 Å². The van der Waals surface area contributed by atoms with Gasteiger partial charge in [0.25, 0.3) is 0 Å². The normalized spacial score (nSPS) is 19.2. The molecule has 0 spiro atoms. The topological polar surface area (TPSA) is 47.4 Å². The van der Waals surface area contributed by atoms with Gasteiger partial charge in [-0.05, 0) is 68.5 Å². The minimum Gasteiger partial charge on any atom is -0.494 e. The molecule has 2 fully saturated rings. The number of halogens is 1. The first-order chi connectivity index (χ1) is 16.1. The number of fused-ring (bicyclic) bond motifs is 1. The standard InChI is InChI=1S/C27H32ClN3O2/c1-19-16-22(12-13-23(19)28)33-15-7-6-14-30-25-11-5-4-10-24(25)29-27(30)20-17-26(32)31(18-20)21-8-2-3-9-21/h4-5,10-13,16,20-21H,2-3,6-9,14-15,17-18H2,1H3. The van der Waals surface area contributed by atoms with E-state index in [9.17, 15) is 4.79 Å². The van der Waals surface area contributed by atoms with E-state index in [0.29, 0.717) is 25.0 Å². The van der Waals surface area contributed by atoms with E-state index in [1.807, 2.05) is 31.2 Å². The van der Waals surface area contributed by atoms with Crippen LogP contribution in [0.1, 0.15) is 62.3 Å². The van der Waals surface area contributed by atoms with Crippen LogP contribution in [0.3, 0.4) is 0 Å². The monoisotopic (exact) mass is 465 g/mol. The molecule has 1 unspecified atom stereocenters. The number of nitrogens with zero attached hydrogens (tertiary/aromatic N) is 3. The van der Waals surface area contributed by atoms with Gasteiger partial charge in [0, 0.05) is 36.5 Å². The summed E-state index contributed by atoms with van der Waals surface area (Å²) >= 11 is 6.10. The van der Waals surface area contributed by atoms with E-state index in [4.69, 9.17) is 21.3 Å². The molecular weight excluding hydrogens is 434 g/mol. The largest absolute Gasteiger partial charge is 0.494 e. The Labute approximate surface area is 200 Å². The van der Waals surface area contributed by atoms with Crippen molar-refractivity contribution in [3.63, 3.8) is 0 Å². The van der Waals surface area contributed by atoms with E-state index < -0.39 is 0 Å². The molecule has 33 heavy (non-hydrogen) atoms. The van der Waals surface area contributed by atoms with Gasteiger partial charge in [0.1, 0.15) is 11.6 Å². The summed E-state index contributed by atoms with van der Waals surface area (Å²) in [5, 5.41) is 0.763. The highest BCUT2D eigenvalue weighted by molar-refractivity contribution is 6.31. The van der Waals surface area contributed by atoms with Gasteiger partial charge >= 0.3 is 0 Å². The summed E-state index contributed by atoms with van der Waals surface area (Å²) in [6.45, 7) is 4.35. The Morgan fingerprint density at radius 3 is 2.76 bits per heavy atom. The lowest BCUT2D eigenvalue weighted by Crippen LogP contribution is -2.34. The molecule has 2 aromatic carbocycles. The molecule has 0 radical (unpaired) electrons. The molecule has 174 valence electrons. The molecule has 0 N–H and O–H groups in total. The zero-order chi connectivity index (χ0) is 22.8. The van der Waals surface area contributed by atoms with Gasteiger partial charge in [-0.1, -0.05) is 36.6 Å². The molecule has 5 rings (SSSR count). The predicted octanol–water partition coefficient (Wildman–Crippen LogP) is 6.12. The first kappa shape index (κ1) is 22.3. The first-order valence-electron chi connectivity index (χ1n) is 12.2. The third-order valence-electron chi connectivity index (χ3n) is 7.15. The fourth-order valence-electron chi connectivity index (χ4n) is 5.38. The Balaban J connectivity index is 1.25. The number of rotatable bonds is 8. The van der Waals surface area contributed by atoms with Gasteiger partial charge in [0.2, 0.25) is 5.91 Å². The molecule has 2 aliphatic rings. The van der Waals surface area contributed by atoms with Crippen LogP contribution in [0.5, 0.6) is 5.75 Å². The van der Waals surface area contributed by atoms with Crippen LogP contribution in [0.2, 0.25) is 5.02 Å². The molecule has 1 aromatic heterocycles. The quantitative estimate of drug-likeness (QED) is 0.377. The molecule has 1 amide bonds. The SMILES string of the molecule is Cc1cc(OCCCCn2c(C3CC(=O)N(C4CCCC4)C3)nc3ccccc32)ccc1Cl. The minimum atomic E-state index is 0.179. The Hall–Kier alpha value is -2.53. The molecule has 1 aliphatic carbocycles. The van der Waals surface area contributed by atoms with E-state index in [-0.39, 0.29) is 5.92 Å². The fourth-order valence-corrected chi connectivity index (χ4v) is 5.50. The van der Waals surface area contributed by atoms with Crippen LogP contribution in [0.4, 0.5) is 0 Å². The maximum atomic E-state index is 12.8. The molecule has 6 heteroatoms. The molecular formula is C27H32ClN3O2. The smallest absolute Gasteiger partial charge is 0.223 e. The number of ether oxygens (including phenoxy) is 1. The van der Waals surface area contributed by atoms with Crippen molar-refractivity contribution in [3.05, 3.63) is 58.9 Å². The fraction of sp³-hybridized carbons (Fsp3) is 0.481. The molecule has 5 nitrogen and oxygen atoms in total. The molecule has 1 saturated heterocycles. The Morgan fingerprint density at radius 1 is 1.12 bits per heavy atom. The number of carbonyl (C=O) groups is 1. The number of hydrogen-bond donors (Lipinski definition) is 0. The number of amides is 1. The van der Waals surface area contributed by atoms with Crippen LogP contribution in [0.25, 0.3) is 11.0 Å². The lowest BCUT2D eigenvalue weighted by atomic mass is 10.1. The van der Waals surface area contributed by atoms with Crippen LogP contribution in [-0.2, 0) is 11.3 Å². The average molecular weight is 466 g/mol. The van der Waals surface area contributed by atoms with E-state index >= 15 is 0 Å². The van der Waals surface area contributed by atoms with Crippen LogP contribution < -0.4 is 4.74 Å². The van der Waals surface area contributed by atoms with Crippen molar-refractivity contribution in [1.82, 2.24) is 14.5 Å². The lowest BCUT2D eigenvalue weighted by molar-refractivity contribution is -0.129. The summed E-state index contributed by atoms with van der Waals surface area (Å²) < 4.78 is 8.27. The van der Waals surface area contributed by atoms with Crippen LogP contribution in [0, 0.1) is 6.92 Å². The second-order valence-electron chi connectivity index (χ2n) is 9.46. The van der Waals surface area contributed by atoms with Gasteiger partial charge in [-0.15, -0.1) is 0 Å². The number of benzene rings is 2. The molecule has 3 aromatic rings. The van der Waals surface area contributed by atoms with Gasteiger partial charge < -0.3 is 14.2 Å². The Kier molecular flexibility index (Phi) is 6.59. The van der Waals surface area contributed by atoms with Crippen molar-refractivity contribution in [2.75, 3.05) is 13.2 Å². The number of imidazole rings is 1. The van der Waals surface area contributed by atoms with Crippen molar-refractivity contribution in [2.24, 2.45) is 0 Å². The summed E-state index contributed by atoms with van der Waals surface area (Å²) in [5.41, 5.74) is 3.21. The second kappa shape index (κ2) is 9.76. The highest BCUT2D eigenvalue weighted by Crippen LogP contribution is 2.35. The number of carbonyl (C=O) groups excluding carboxylic acids is 1. The first-order valence-corrected chi connectivity index (χ1v) is 12.6. The summed E-state index contributed by atoms with van der Waals surface area (Å²) in [5.74, 6) is 2.41. The van der Waals surface area contributed by atoms with Crippen LogP contribution >= 0.6 is 11.6 Å². The van der Waals surface area contributed by atoms with Crippen molar-refractivity contribution in [3.8, 4) is 5.75 Å². The van der Waals surface area contributed by atoms with Crippen molar-refractivity contribution in [2.45, 2.75) is 70.4 Å². The molecule has 1 atom stereocenters. The third-order valence-corrected chi connectivity index (χ3v) is 7.57. The van der Waals surface area contributed by atoms with Crippen LogP contribution in [0.15, 0.2) is 42.5 Å². The van der Waals surface area contributed by atoms with Crippen molar-refractivity contribution in [1.29, 1.82) is 0 Å². The lowest BCUT2D eigenvalue weighted by Gasteiger charge is -2.24. The molecule has 0 bridgehead atoms. The van der Waals surface area contributed by atoms with Gasteiger partial charge in [0.15, 0.2) is 0 Å². The van der Waals surface area contributed by atoms with E-state index in [1.165, 1.54) is 12.8 Å². The molecule has 1 aliphatic heterocycles. The van der Waals surface area contributed by atoms with Gasteiger partial charge in [-0.25, -0.2) is 4.98 Å². The average Bonchev–Trinajstić information content (AvgIpc) is 3.54. The third kappa shape index (κ3) is 4.74. The maximum absolute atomic E-state index is 12.8. The van der Waals surface area contributed by atoms with Crippen molar-refractivity contribution < 1.29 is 9.53 Å². The van der Waals surface area contributed by atoms with Crippen LogP contribution in [-0.4, -0.2) is 39.6 Å². The predicted molar refractivity (Wildman–Crippen MR) is 132 cm³/mol. The second-order valence-corrected chi connectivity index (χ2v) is 9.87. The summed E-state index contributed by atoms with van der Waals surface area (Å²) in [4.78, 5) is 20.0. The Bertz CT molecular complexity index is 1140. The van der Waals surface area contributed by atoms with Crippen molar-refractivity contribution >= 4 is 28.5 Å².